The predicted molar refractivity (Wildman–Crippen MR) is 108 cm³/mol. The molecule has 3 aromatic rings. The normalized spacial score (nSPS) is 17.9. The first kappa shape index (κ1) is 18.8. The fraction of sp³-hybridized carbons (Fsp3) is 0.476. The minimum Gasteiger partial charge on any atom is -0.369 e. The van der Waals surface area contributed by atoms with Crippen molar-refractivity contribution >= 4 is 16.9 Å². The molecule has 1 saturated heterocycles. The van der Waals surface area contributed by atoms with Gasteiger partial charge in [0.05, 0.1) is 0 Å². The number of rotatable bonds is 7. The topological polar surface area (TPSA) is 67.1 Å². The van der Waals surface area contributed by atoms with Gasteiger partial charge in [-0.1, -0.05) is 18.5 Å². The molecule has 1 aliphatic heterocycles. The molecule has 0 amide bonds. The highest BCUT2D eigenvalue weighted by atomic mass is 19.1. The first-order valence-electron chi connectivity index (χ1n) is 10.1. The Kier molecular flexibility index (Phi) is 5.81. The zero-order valence-corrected chi connectivity index (χ0v) is 16.2. The van der Waals surface area contributed by atoms with Gasteiger partial charge in [-0.25, -0.2) is 9.37 Å². The summed E-state index contributed by atoms with van der Waals surface area (Å²) in [7, 11) is 0. The standard InChI is InChI=1S/C21H26FN5O/c1-2-17-6-3-4-12-27(17)13-5-11-23-20-18-19(15-7-9-16(22)10-8-15)26-28-21(18)25-14-24-20/h7-10,14,17H,2-6,11-13H2,1H3,(H,23,24,25)/t17-/m1/s1. The maximum Gasteiger partial charge on any atom is 0.263 e. The molecule has 1 atom stereocenters. The van der Waals surface area contributed by atoms with Crippen molar-refractivity contribution in [1.29, 1.82) is 0 Å². The summed E-state index contributed by atoms with van der Waals surface area (Å²) in [6, 6.07) is 6.92. The molecule has 1 N–H and O–H groups in total. The molecule has 1 aromatic carbocycles. The van der Waals surface area contributed by atoms with Gasteiger partial charge in [0.1, 0.15) is 29.0 Å². The lowest BCUT2D eigenvalue weighted by molar-refractivity contribution is 0.144. The quantitative estimate of drug-likeness (QED) is 0.606. The van der Waals surface area contributed by atoms with Crippen LogP contribution in [0.25, 0.3) is 22.4 Å². The van der Waals surface area contributed by atoms with Crippen LogP contribution in [0.15, 0.2) is 35.1 Å². The third-order valence-corrected chi connectivity index (χ3v) is 5.53. The Labute approximate surface area is 164 Å². The van der Waals surface area contributed by atoms with Crippen LogP contribution in [0.2, 0.25) is 0 Å². The summed E-state index contributed by atoms with van der Waals surface area (Å²) in [4.78, 5) is 11.2. The monoisotopic (exact) mass is 383 g/mol. The molecule has 0 aliphatic carbocycles. The first-order chi connectivity index (χ1) is 13.8. The molecule has 28 heavy (non-hydrogen) atoms. The molecule has 7 heteroatoms. The highest BCUT2D eigenvalue weighted by Crippen LogP contribution is 2.31. The number of fused-ring (bicyclic) bond motifs is 1. The van der Waals surface area contributed by atoms with E-state index in [1.165, 1.54) is 50.7 Å². The van der Waals surface area contributed by atoms with E-state index in [1.54, 1.807) is 12.1 Å². The Morgan fingerprint density at radius 3 is 2.89 bits per heavy atom. The lowest BCUT2D eigenvalue weighted by atomic mass is 10.00. The molecule has 1 aliphatic rings. The van der Waals surface area contributed by atoms with E-state index >= 15 is 0 Å². The highest BCUT2D eigenvalue weighted by molar-refractivity contribution is 5.97. The number of aromatic nitrogens is 3. The van der Waals surface area contributed by atoms with E-state index in [9.17, 15) is 4.39 Å². The summed E-state index contributed by atoms with van der Waals surface area (Å²) in [5.74, 6) is 0.422. The van der Waals surface area contributed by atoms with Gasteiger partial charge in [-0.05, 0) is 56.5 Å². The summed E-state index contributed by atoms with van der Waals surface area (Å²) in [5.41, 5.74) is 1.83. The van der Waals surface area contributed by atoms with Gasteiger partial charge in [0, 0.05) is 24.7 Å². The average molecular weight is 383 g/mol. The molecule has 0 bridgehead atoms. The van der Waals surface area contributed by atoms with Crippen molar-refractivity contribution in [2.24, 2.45) is 0 Å². The number of hydrogen-bond acceptors (Lipinski definition) is 6. The molecule has 1 fully saturated rings. The third kappa shape index (κ3) is 3.99. The van der Waals surface area contributed by atoms with Gasteiger partial charge >= 0.3 is 0 Å². The predicted octanol–water partition coefficient (Wildman–Crippen LogP) is 4.49. The second-order valence-electron chi connectivity index (χ2n) is 7.31. The lowest BCUT2D eigenvalue weighted by Crippen LogP contribution is -2.40. The third-order valence-electron chi connectivity index (χ3n) is 5.53. The summed E-state index contributed by atoms with van der Waals surface area (Å²) >= 11 is 0. The summed E-state index contributed by atoms with van der Waals surface area (Å²) in [6.45, 7) is 5.39. The number of piperidine rings is 1. The Morgan fingerprint density at radius 2 is 2.07 bits per heavy atom. The van der Waals surface area contributed by atoms with Crippen molar-refractivity contribution < 1.29 is 8.91 Å². The number of anilines is 1. The van der Waals surface area contributed by atoms with E-state index < -0.39 is 0 Å². The number of nitrogens with zero attached hydrogens (tertiary/aromatic N) is 4. The molecule has 6 nitrogen and oxygen atoms in total. The maximum absolute atomic E-state index is 13.2. The number of hydrogen-bond donors (Lipinski definition) is 1. The molecule has 0 radical (unpaired) electrons. The van der Waals surface area contributed by atoms with Gasteiger partial charge in [-0.15, -0.1) is 0 Å². The van der Waals surface area contributed by atoms with E-state index in [0.717, 1.165) is 36.5 Å². The molecule has 4 rings (SSSR count). The largest absolute Gasteiger partial charge is 0.369 e. The van der Waals surface area contributed by atoms with E-state index in [2.05, 4.69) is 32.3 Å². The number of benzene rings is 1. The van der Waals surface area contributed by atoms with Crippen LogP contribution >= 0.6 is 0 Å². The number of likely N-dealkylation sites (tertiary alicyclic amines) is 1. The fourth-order valence-electron chi connectivity index (χ4n) is 4.03. The Bertz CT molecular complexity index is 911. The lowest BCUT2D eigenvalue weighted by Gasteiger charge is -2.35. The summed E-state index contributed by atoms with van der Waals surface area (Å²) in [5, 5.41) is 8.28. The smallest absolute Gasteiger partial charge is 0.263 e. The highest BCUT2D eigenvalue weighted by Gasteiger charge is 2.20. The van der Waals surface area contributed by atoms with Crippen LogP contribution in [-0.4, -0.2) is 45.7 Å². The van der Waals surface area contributed by atoms with Crippen molar-refractivity contribution in [3.63, 3.8) is 0 Å². The summed E-state index contributed by atoms with van der Waals surface area (Å²) < 4.78 is 18.6. The van der Waals surface area contributed by atoms with E-state index in [-0.39, 0.29) is 5.82 Å². The van der Waals surface area contributed by atoms with Crippen LogP contribution in [0, 0.1) is 5.82 Å². The van der Waals surface area contributed by atoms with E-state index in [0.29, 0.717) is 17.2 Å². The van der Waals surface area contributed by atoms with Crippen LogP contribution in [0.3, 0.4) is 0 Å². The minimum atomic E-state index is -0.283. The number of nitrogens with one attached hydrogen (secondary N) is 1. The zero-order valence-electron chi connectivity index (χ0n) is 16.2. The van der Waals surface area contributed by atoms with Crippen molar-refractivity contribution in [3.8, 4) is 11.3 Å². The Balaban J connectivity index is 1.45. The second kappa shape index (κ2) is 8.65. The van der Waals surface area contributed by atoms with Crippen molar-refractivity contribution in [3.05, 3.63) is 36.4 Å². The van der Waals surface area contributed by atoms with Gasteiger partial charge in [0.15, 0.2) is 0 Å². The molecular formula is C21H26FN5O. The van der Waals surface area contributed by atoms with Crippen LogP contribution < -0.4 is 5.32 Å². The molecule has 0 unspecified atom stereocenters. The Hall–Kier alpha value is -2.54. The SMILES string of the molecule is CC[C@@H]1CCCCN1CCCNc1ncnc2onc(-c3ccc(F)cc3)c12. The average Bonchev–Trinajstić information content (AvgIpc) is 3.17. The van der Waals surface area contributed by atoms with Crippen molar-refractivity contribution in [2.45, 2.75) is 45.1 Å². The Morgan fingerprint density at radius 1 is 1.21 bits per heavy atom. The van der Waals surface area contributed by atoms with Gasteiger partial charge in [0.25, 0.3) is 5.71 Å². The van der Waals surface area contributed by atoms with Crippen LogP contribution in [0.5, 0.6) is 0 Å². The van der Waals surface area contributed by atoms with E-state index in [4.69, 9.17) is 4.52 Å². The van der Waals surface area contributed by atoms with Crippen LogP contribution in [0.4, 0.5) is 10.2 Å². The second-order valence-corrected chi connectivity index (χ2v) is 7.31. The molecule has 148 valence electrons. The molecule has 0 spiro atoms. The van der Waals surface area contributed by atoms with Gasteiger partial charge in [0.2, 0.25) is 0 Å². The van der Waals surface area contributed by atoms with Gasteiger partial charge < -0.3 is 14.7 Å². The van der Waals surface area contributed by atoms with Crippen molar-refractivity contribution in [1.82, 2.24) is 20.0 Å². The maximum atomic E-state index is 13.2. The molecule has 3 heterocycles. The molecular weight excluding hydrogens is 357 g/mol. The van der Waals surface area contributed by atoms with Crippen LogP contribution in [0.1, 0.15) is 39.0 Å². The summed E-state index contributed by atoms with van der Waals surface area (Å²) in [6.07, 6.45) is 7.71. The van der Waals surface area contributed by atoms with Crippen LogP contribution in [-0.2, 0) is 0 Å². The fourth-order valence-corrected chi connectivity index (χ4v) is 4.03. The van der Waals surface area contributed by atoms with Gasteiger partial charge in [-0.2, -0.15) is 4.98 Å². The van der Waals surface area contributed by atoms with Crippen molar-refractivity contribution in [2.75, 3.05) is 25.0 Å². The number of halogens is 1. The minimum absolute atomic E-state index is 0.283. The van der Waals surface area contributed by atoms with Gasteiger partial charge in [-0.3, -0.25) is 0 Å². The molecule has 0 saturated carbocycles. The zero-order chi connectivity index (χ0) is 19.3. The first-order valence-corrected chi connectivity index (χ1v) is 10.1. The molecule has 2 aromatic heterocycles. The van der Waals surface area contributed by atoms with E-state index in [1.807, 2.05) is 0 Å².